The third-order valence-electron chi connectivity index (χ3n) is 5.67. The molecule has 0 bridgehead atoms. The van der Waals surface area contributed by atoms with Crippen molar-refractivity contribution in [3.05, 3.63) is 29.8 Å². The number of nitrogens with one attached hydrogen (secondary N) is 2. The number of phenolic OH excluding ortho intramolecular Hbond substituents is 1. The number of benzene rings is 1. The van der Waals surface area contributed by atoms with E-state index in [1.54, 1.807) is 12.1 Å². The van der Waals surface area contributed by atoms with E-state index < -0.39 is 0 Å². The Hall–Kier alpha value is -2.08. The van der Waals surface area contributed by atoms with Crippen molar-refractivity contribution < 1.29 is 14.7 Å². The fraction of sp³-hybridized carbons (Fsp3) is 0.619. The molecule has 1 aliphatic carbocycles. The maximum absolute atomic E-state index is 12.5. The van der Waals surface area contributed by atoms with Gasteiger partial charge in [-0.15, -0.1) is 0 Å². The first-order valence-corrected chi connectivity index (χ1v) is 10.1. The van der Waals surface area contributed by atoms with Crippen LogP contribution >= 0.6 is 0 Å². The Morgan fingerprint density at radius 2 is 2.04 bits per heavy atom. The molecular weight excluding hydrogens is 342 g/mol. The molecule has 0 aromatic heterocycles. The summed E-state index contributed by atoms with van der Waals surface area (Å²) in [6, 6.07) is 6.85. The van der Waals surface area contributed by atoms with Gasteiger partial charge in [-0.05, 0) is 49.8 Å². The molecular formula is C21H31N3O3. The Bertz CT molecular complexity index is 658. The lowest BCUT2D eigenvalue weighted by Gasteiger charge is -2.23. The zero-order valence-corrected chi connectivity index (χ0v) is 16.1. The smallest absolute Gasteiger partial charge is 0.237 e. The fourth-order valence-corrected chi connectivity index (χ4v) is 4.40. The highest BCUT2D eigenvalue weighted by atomic mass is 16.3. The molecule has 2 fully saturated rings. The van der Waals surface area contributed by atoms with Gasteiger partial charge in [-0.25, -0.2) is 0 Å². The number of carbonyl (C=O) groups is 2. The number of likely N-dealkylation sites (N-methyl/N-ethyl adjacent to an activating group) is 1. The Morgan fingerprint density at radius 1 is 1.26 bits per heavy atom. The first-order valence-electron chi connectivity index (χ1n) is 10.1. The van der Waals surface area contributed by atoms with E-state index >= 15 is 0 Å². The number of carbonyl (C=O) groups excluding carboxylic acids is 2. The van der Waals surface area contributed by atoms with Crippen molar-refractivity contribution in [1.29, 1.82) is 0 Å². The number of likely N-dealkylation sites (tertiary alicyclic amines) is 1. The largest absolute Gasteiger partial charge is 0.508 e. The molecule has 0 radical (unpaired) electrons. The van der Waals surface area contributed by atoms with E-state index in [0.717, 1.165) is 18.4 Å². The van der Waals surface area contributed by atoms with Crippen molar-refractivity contribution in [3.63, 3.8) is 0 Å². The number of rotatable bonds is 7. The average molecular weight is 373 g/mol. The van der Waals surface area contributed by atoms with Crippen LogP contribution in [0.4, 0.5) is 0 Å². The van der Waals surface area contributed by atoms with Gasteiger partial charge in [-0.1, -0.05) is 25.0 Å². The van der Waals surface area contributed by atoms with Gasteiger partial charge in [0.15, 0.2) is 0 Å². The van der Waals surface area contributed by atoms with Crippen LogP contribution in [0, 0.1) is 5.92 Å². The lowest BCUT2D eigenvalue weighted by molar-refractivity contribution is -0.126. The zero-order valence-electron chi connectivity index (χ0n) is 16.1. The molecule has 3 N–H and O–H groups in total. The molecule has 2 atom stereocenters. The second-order valence-electron chi connectivity index (χ2n) is 7.86. The molecule has 1 aliphatic heterocycles. The van der Waals surface area contributed by atoms with Gasteiger partial charge in [0.1, 0.15) is 5.75 Å². The Morgan fingerprint density at radius 3 is 2.74 bits per heavy atom. The van der Waals surface area contributed by atoms with Crippen molar-refractivity contribution in [3.8, 4) is 5.75 Å². The molecule has 148 valence electrons. The SMILES string of the molecule is CCNC(=O)[C@@H]1C[C@H](NC(=O)CC2CCCC2)CN1Cc1cccc(O)c1. The van der Waals surface area contributed by atoms with E-state index in [-0.39, 0.29) is 29.6 Å². The van der Waals surface area contributed by atoms with Crippen molar-refractivity contribution in [2.24, 2.45) is 5.92 Å². The average Bonchev–Trinajstić information content (AvgIpc) is 3.25. The van der Waals surface area contributed by atoms with Gasteiger partial charge in [0.2, 0.25) is 11.8 Å². The number of hydrogen-bond donors (Lipinski definition) is 3. The highest BCUT2D eigenvalue weighted by Gasteiger charge is 2.37. The molecule has 3 rings (SSSR count). The summed E-state index contributed by atoms with van der Waals surface area (Å²) >= 11 is 0. The van der Waals surface area contributed by atoms with E-state index in [1.807, 2.05) is 19.1 Å². The molecule has 27 heavy (non-hydrogen) atoms. The zero-order chi connectivity index (χ0) is 19.2. The predicted molar refractivity (Wildman–Crippen MR) is 104 cm³/mol. The van der Waals surface area contributed by atoms with Gasteiger partial charge in [0.05, 0.1) is 6.04 Å². The van der Waals surface area contributed by atoms with Crippen molar-refractivity contribution in [1.82, 2.24) is 15.5 Å². The van der Waals surface area contributed by atoms with Gasteiger partial charge in [-0.3, -0.25) is 14.5 Å². The van der Waals surface area contributed by atoms with Crippen molar-refractivity contribution in [2.45, 2.75) is 64.1 Å². The van der Waals surface area contributed by atoms with Crippen LogP contribution in [0.2, 0.25) is 0 Å². The first kappa shape index (κ1) is 19.7. The third kappa shape index (κ3) is 5.45. The quantitative estimate of drug-likeness (QED) is 0.684. The summed E-state index contributed by atoms with van der Waals surface area (Å²) in [6.45, 7) is 3.72. The lowest BCUT2D eigenvalue weighted by atomic mass is 10.0. The van der Waals surface area contributed by atoms with Crippen LogP contribution in [-0.4, -0.2) is 47.0 Å². The Balaban J connectivity index is 1.61. The van der Waals surface area contributed by atoms with Crippen LogP contribution < -0.4 is 10.6 Å². The summed E-state index contributed by atoms with van der Waals surface area (Å²) in [5, 5.41) is 15.8. The van der Waals surface area contributed by atoms with Crippen molar-refractivity contribution >= 4 is 11.8 Å². The molecule has 1 saturated heterocycles. The van der Waals surface area contributed by atoms with Gasteiger partial charge in [-0.2, -0.15) is 0 Å². The maximum Gasteiger partial charge on any atom is 0.237 e. The summed E-state index contributed by atoms with van der Waals surface area (Å²) in [7, 11) is 0. The molecule has 1 saturated carbocycles. The Labute approximate surface area is 161 Å². The van der Waals surface area contributed by atoms with Gasteiger partial charge >= 0.3 is 0 Å². The highest BCUT2D eigenvalue weighted by molar-refractivity contribution is 5.82. The highest BCUT2D eigenvalue weighted by Crippen LogP contribution is 2.28. The first-order chi connectivity index (χ1) is 13.0. The predicted octanol–water partition coefficient (Wildman–Crippen LogP) is 2.17. The molecule has 6 nitrogen and oxygen atoms in total. The van der Waals surface area contributed by atoms with Crippen molar-refractivity contribution in [2.75, 3.05) is 13.1 Å². The summed E-state index contributed by atoms with van der Waals surface area (Å²) in [5.74, 6) is 0.864. The number of phenols is 1. The summed E-state index contributed by atoms with van der Waals surface area (Å²) in [5.41, 5.74) is 0.960. The maximum atomic E-state index is 12.5. The standard InChI is InChI=1S/C21H31N3O3/c1-2-22-21(27)19-12-17(23-20(26)11-15-6-3-4-7-15)14-24(19)13-16-8-5-9-18(25)10-16/h5,8-10,15,17,19,25H,2-4,6-7,11-14H2,1H3,(H,22,27)(H,23,26)/t17-,19-/m0/s1. The molecule has 2 amide bonds. The second kappa shape index (κ2) is 9.22. The molecule has 1 aromatic carbocycles. The summed E-state index contributed by atoms with van der Waals surface area (Å²) in [6.07, 6.45) is 6.01. The van der Waals surface area contributed by atoms with Gasteiger partial charge in [0, 0.05) is 32.1 Å². The molecule has 2 aliphatic rings. The summed E-state index contributed by atoms with van der Waals surface area (Å²) in [4.78, 5) is 27.0. The van der Waals surface area contributed by atoms with Crippen LogP contribution in [0.3, 0.4) is 0 Å². The van der Waals surface area contributed by atoms with E-state index in [0.29, 0.717) is 38.4 Å². The monoisotopic (exact) mass is 373 g/mol. The normalized spacial score (nSPS) is 23.4. The summed E-state index contributed by atoms with van der Waals surface area (Å²) < 4.78 is 0. The minimum Gasteiger partial charge on any atom is -0.508 e. The number of aromatic hydroxyl groups is 1. The number of amides is 2. The van der Waals surface area contributed by atoms with E-state index in [2.05, 4.69) is 15.5 Å². The second-order valence-corrected chi connectivity index (χ2v) is 7.86. The molecule has 6 heteroatoms. The molecule has 0 unspecified atom stereocenters. The number of hydrogen-bond acceptors (Lipinski definition) is 4. The molecule has 1 aromatic rings. The van der Waals surface area contributed by atoms with E-state index in [9.17, 15) is 14.7 Å². The third-order valence-corrected chi connectivity index (χ3v) is 5.67. The van der Waals surface area contributed by atoms with E-state index in [1.165, 1.54) is 12.8 Å². The topological polar surface area (TPSA) is 81.7 Å². The van der Waals surface area contributed by atoms with Crippen LogP contribution in [0.5, 0.6) is 5.75 Å². The molecule has 0 spiro atoms. The Kier molecular flexibility index (Phi) is 6.72. The lowest BCUT2D eigenvalue weighted by Crippen LogP contribution is -2.42. The van der Waals surface area contributed by atoms with Gasteiger partial charge in [0.25, 0.3) is 0 Å². The minimum absolute atomic E-state index is 0.00481. The van der Waals surface area contributed by atoms with E-state index in [4.69, 9.17) is 0 Å². The van der Waals surface area contributed by atoms with Crippen LogP contribution in [0.1, 0.15) is 51.0 Å². The van der Waals surface area contributed by atoms with Crippen LogP contribution in [-0.2, 0) is 16.1 Å². The fourth-order valence-electron chi connectivity index (χ4n) is 4.40. The minimum atomic E-state index is -0.260. The van der Waals surface area contributed by atoms with Crippen LogP contribution in [0.25, 0.3) is 0 Å². The van der Waals surface area contributed by atoms with Gasteiger partial charge < -0.3 is 15.7 Å². The molecule has 1 heterocycles. The van der Waals surface area contributed by atoms with Crippen LogP contribution in [0.15, 0.2) is 24.3 Å². The number of nitrogens with zero attached hydrogens (tertiary/aromatic N) is 1.